The van der Waals surface area contributed by atoms with Crippen molar-refractivity contribution in [1.29, 1.82) is 0 Å². The van der Waals surface area contributed by atoms with Crippen molar-refractivity contribution in [2.45, 2.75) is 91.1 Å². The molecule has 0 aromatic rings. The molecule has 2 aliphatic rings. The van der Waals surface area contributed by atoms with E-state index in [-0.39, 0.29) is 23.9 Å². The Balaban J connectivity index is 1.70. The van der Waals surface area contributed by atoms with Crippen LogP contribution in [0.3, 0.4) is 0 Å². The third-order valence-electron chi connectivity index (χ3n) is 6.69. The number of hydrogen-bond acceptors (Lipinski definition) is 2. The number of carbonyl (C=O) groups is 2. The van der Waals surface area contributed by atoms with Crippen LogP contribution in [-0.4, -0.2) is 23.9 Å². The van der Waals surface area contributed by atoms with Crippen LogP contribution in [0.25, 0.3) is 0 Å². The summed E-state index contributed by atoms with van der Waals surface area (Å²) in [6.45, 7) is 8.99. The molecule has 138 valence electrons. The minimum absolute atomic E-state index is 0.0289. The van der Waals surface area contributed by atoms with Crippen LogP contribution in [-0.2, 0) is 9.59 Å². The number of carbonyl (C=O) groups excluding carboxylic acids is 2. The van der Waals surface area contributed by atoms with Crippen LogP contribution in [0.5, 0.6) is 0 Å². The molecule has 0 saturated heterocycles. The second-order valence-corrected chi connectivity index (χ2v) is 8.38. The quantitative estimate of drug-likeness (QED) is 0.805. The van der Waals surface area contributed by atoms with Gasteiger partial charge >= 0.3 is 0 Å². The third kappa shape index (κ3) is 5.22. The van der Waals surface area contributed by atoms with Crippen LogP contribution in [0.2, 0.25) is 0 Å². The van der Waals surface area contributed by atoms with Gasteiger partial charge in [-0.1, -0.05) is 53.4 Å². The van der Waals surface area contributed by atoms with Crippen LogP contribution in [0.4, 0.5) is 0 Å². The highest BCUT2D eigenvalue weighted by atomic mass is 16.2. The molecule has 2 aliphatic carbocycles. The lowest BCUT2D eigenvalue weighted by atomic mass is 9.78. The summed E-state index contributed by atoms with van der Waals surface area (Å²) < 4.78 is 0. The lowest BCUT2D eigenvalue weighted by Crippen LogP contribution is -2.45. The first-order valence-corrected chi connectivity index (χ1v) is 9.97. The van der Waals surface area contributed by atoms with Crippen molar-refractivity contribution < 1.29 is 9.59 Å². The molecule has 0 aromatic heterocycles. The van der Waals surface area contributed by atoms with Gasteiger partial charge in [0.2, 0.25) is 11.8 Å². The molecule has 2 fully saturated rings. The fourth-order valence-corrected chi connectivity index (χ4v) is 4.36. The molecule has 4 heteroatoms. The molecule has 4 nitrogen and oxygen atoms in total. The van der Waals surface area contributed by atoms with Crippen molar-refractivity contribution in [3.05, 3.63) is 0 Å². The van der Waals surface area contributed by atoms with Gasteiger partial charge in [0, 0.05) is 24.9 Å². The molecule has 2 rings (SSSR count). The smallest absolute Gasteiger partial charge is 0.220 e. The summed E-state index contributed by atoms with van der Waals surface area (Å²) in [5, 5.41) is 6.31. The highest BCUT2D eigenvalue weighted by Gasteiger charge is 2.29. The van der Waals surface area contributed by atoms with Gasteiger partial charge in [0.25, 0.3) is 0 Å². The molecular weight excluding hydrogens is 300 g/mol. The number of nitrogens with one attached hydrogen (secondary N) is 2. The van der Waals surface area contributed by atoms with Crippen molar-refractivity contribution in [3.63, 3.8) is 0 Å². The Bertz CT molecular complexity index is 397. The Kier molecular flexibility index (Phi) is 7.12. The van der Waals surface area contributed by atoms with E-state index in [4.69, 9.17) is 0 Å². The van der Waals surface area contributed by atoms with E-state index in [2.05, 4.69) is 38.3 Å². The Morgan fingerprint density at radius 2 is 1.08 bits per heavy atom. The average Bonchev–Trinajstić information content (AvgIpc) is 2.54. The summed E-state index contributed by atoms with van der Waals surface area (Å²) in [5.74, 6) is 2.45. The van der Waals surface area contributed by atoms with E-state index in [9.17, 15) is 9.59 Å². The van der Waals surface area contributed by atoms with Gasteiger partial charge in [0.15, 0.2) is 0 Å². The minimum Gasteiger partial charge on any atom is -0.353 e. The molecule has 0 heterocycles. The van der Waals surface area contributed by atoms with Crippen molar-refractivity contribution in [2.24, 2.45) is 23.7 Å². The second-order valence-electron chi connectivity index (χ2n) is 8.38. The Morgan fingerprint density at radius 3 is 1.46 bits per heavy atom. The zero-order valence-electron chi connectivity index (χ0n) is 15.9. The second kappa shape index (κ2) is 8.87. The van der Waals surface area contributed by atoms with E-state index in [0.717, 1.165) is 12.8 Å². The predicted octanol–water partition coefficient (Wildman–Crippen LogP) is 3.65. The highest BCUT2D eigenvalue weighted by Crippen LogP contribution is 2.30. The first-order valence-electron chi connectivity index (χ1n) is 9.97. The van der Waals surface area contributed by atoms with Gasteiger partial charge in [-0.3, -0.25) is 9.59 Å². The minimum atomic E-state index is 0.0289. The lowest BCUT2D eigenvalue weighted by Gasteiger charge is -2.35. The van der Waals surface area contributed by atoms with Crippen LogP contribution in [0.1, 0.15) is 79.1 Å². The van der Waals surface area contributed by atoms with Gasteiger partial charge in [0.1, 0.15) is 0 Å². The largest absolute Gasteiger partial charge is 0.353 e. The number of amides is 2. The van der Waals surface area contributed by atoms with Gasteiger partial charge in [-0.2, -0.15) is 0 Å². The van der Waals surface area contributed by atoms with E-state index < -0.39 is 0 Å². The van der Waals surface area contributed by atoms with Crippen molar-refractivity contribution in [2.75, 3.05) is 0 Å². The van der Waals surface area contributed by atoms with Crippen molar-refractivity contribution >= 4 is 11.8 Å². The van der Waals surface area contributed by atoms with Gasteiger partial charge in [-0.15, -0.1) is 0 Å². The molecule has 0 spiro atoms. The molecular formula is C20H36N2O2. The van der Waals surface area contributed by atoms with E-state index in [1.807, 2.05) is 0 Å². The standard InChI is InChI=1S/C20H36N2O2/c1-13-7-5-9-17(15(13)3)21-19(23)11-12-20(24)22-18-10-6-8-14(2)16(18)4/h13-18H,5-12H2,1-4H3,(H,21,23)(H,22,24)/t13-,14+,15-,16+,17+,18-. The van der Waals surface area contributed by atoms with Gasteiger partial charge < -0.3 is 10.6 Å². The van der Waals surface area contributed by atoms with E-state index >= 15 is 0 Å². The summed E-state index contributed by atoms with van der Waals surface area (Å²) >= 11 is 0. The molecule has 24 heavy (non-hydrogen) atoms. The van der Waals surface area contributed by atoms with Gasteiger partial charge in [-0.25, -0.2) is 0 Å². The molecule has 0 unspecified atom stereocenters. The normalized spacial score (nSPS) is 36.8. The van der Waals surface area contributed by atoms with Gasteiger partial charge in [-0.05, 0) is 36.5 Å². The summed E-state index contributed by atoms with van der Waals surface area (Å²) in [6.07, 6.45) is 7.65. The van der Waals surface area contributed by atoms with Crippen LogP contribution >= 0.6 is 0 Å². The molecule has 2 N–H and O–H groups in total. The zero-order valence-corrected chi connectivity index (χ0v) is 15.9. The molecule has 6 atom stereocenters. The Labute approximate surface area is 147 Å². The van der Waals surface area contributed by atoms with E-state index in [1.165, 1.54) is 25.7 Å². The van der Waals surface area contributed by atoms with Crippen molar-refractivity contribution in [3.8, 4) is 0 Å². The molecule has 0 radical (unpaired) electrons. The Hall–Kier alpha value is -1.06. The highest BCUT2D eigenvalue weighted by molar-refractivity contribution is 5.84. The van der Waals surface area contributed by atoms with Crippen LogP contribution in [0.15, 0.2) is 0 Å². The molecule has 2 amide bonds. The topological polar surface area (TPSA) is 58.2 Å². The van der Waals surface area contributed by atoms with Crippen molar-refractivity contribution in [1.82, 2.24) is 10.6 Å². The number of hydrogen-bond donors (Lipinski definition) is 2. The fraction of sp³-hybridized carbons (Fsp3) is 0.900. The third-order valence-corrected chi connectivity index (χ3v) is 6.69. The SMILES string of the molecule is C[C@@H]1[C@H](C)CCC[C@@H]1NC(=O)CCC(=O)N[C@@H]1CCC[C@H](C)[C@@H]1C. The maximum Gasteiger partial charge on any atom is 0.220 e. The summed E-state index contributed by atoms with van der Waals surface area (Å²) in [4.78, 5) is 24.4. The number of rotatable bonds is 5. The van der Waals surface area contributed by atoms with E-state index in [1.54, 1.807) is 0 Å². The maximum atomic E-state index is 12.2. The zero-order chi connectivity index (χ0) is 17.7. The van der Waals surface area contributed by atoms with Crippen LogP contribution in [0, 0.1) is 23.7 Å². The first kappa shape index (κ1) is 19.3. The van der Waals surface area contributed by atoms with Crippen LogP contribution < -0.4 is 10.6 Å². The maximum absolute atomic E-state index is 12.2. The molecule has 0 aromatic carbocycles. The summed E-state index contributed by atoms with van der Waals surface area (Å²) in [5.41, 5.74) is 0. The molecule has 0 aliphatic heterocycles. The molecule has 0 bridgehead atoms. The Morgan fingerprint density at radius 1 is 0.708 bits per heavy atom. The summed E-state index contributed by atoms with van der Waals surface area (Å²) in [7, 11) is 0. The fourth-order valence-electron chi connectivity index (χ4n) is 4.36. The predicted molar refractivity (Wildman–Crippen MR) is 97.5 cm³/mol. The average molecular weight is 337 g/mol. The lowest BCUT2D eigenvalue weighted by molar-refractivity contribution is -0.128. The van der Waals surface area contributed by atoms with Gasteiger partial charge in [0.05, 0.1) is 0 Å². The first-order chi connectivity index (χ1) is 11.4. The van der Waals surface area contributed by atoms with E-state index in [0.29, 0.717) is 36.5 Å². The molecule has 2 saturated carbocycles. The summed E-state index contributed by atoms with van der Waals surface area (Å²) in [6, 6.07) is 0.562. The monoisotopic (exact) mass is 336 g/mol.